The van der Waals surface area contributed by atoms with Crippen LogP contribution in [0.2, 0.25) is 0 Å². The number of anilines is 1. The highest BCUT2D eigenvalue weighted by Crippen LogP contribution is 2.33. The van der Waals surface area contributed by atoms with Crippen LogP contribution < -0.4 is 9.64 Å². The quantitative estimate of drug-likeness (QED) is 0.387. The monoisotopic (exact) mass is 412 g/mol. The summed E-state index contributed by atoms with van der Waals surface area (Å²) in [5.41, 5.74) is 2.37. The Morgan fingerprint density at radius 1 is 1.27 bits per heavy atom. The molecule has 5 heteroatoms. The normalized spacial score (nSPS) is 17.5. The molecule has 30 heavy (non-hydrogen) atoms. The van der Waals surface area contributed by atoms with Crippen molar-refractivity contribution in [1.82, 2.24) is 9.97 Å². The molecule has 0 fully saturated rings. The van der Waals surface area contributed by atoms with E-state index in [0.717, 1.165) is 50.3 Å². The fourth-order valence-corrected chi connectivity index (χ4v) is 4.13. The summed E-state index contributed by atoms with van der Waals surface area (Å²) in [6.45, 7) is 15.2. The number of unbranched alkanes of at least 4 members (excludes halogenated alkanes) is 1. The molecule has 0 radical (unpaired) electrons. The number of aromatic nitrogens is 2. The van der Waals surface area contributed by atoms with Crippen molar-refractivity contribution in [1.29, 1.82) is 5.26 Å². The molecule has 2 unspecified atom stereocenters. The second-order valence-electron chi connectivity index (χ2n) is 8.97. The van der Waals surface area contributed by atoms with E-state index in [9.17, 15) is 0 Å². The van der Waals surface area contributed by atoms with Gasteiger partial charge in [-0.1, -0.05) is 46.6 Å². The summed E-state index contributed by atoms with van der Waals surface area (Å²) in [6, 6.07) is 2.81. The van der Waals surface area contributed by atoms with Gasteiger partial charge in [-0.25, -0.2) is 0 Å². The number of hydrogen-bond acceptors (Lipinski definition) is 5. The SMILES string of the molecule is C=CC1CCc2c(nc(OC[C@@H](C)CCCC)nc2N(CCC)CC(C)CC#N)C1. The first-order chi connectivity index (χ1) is 14.5. The molecule has 0 saturated heterocycles. The molecule has 1 aliphatic carbocycles. The Morgan fingerprint density at radius 3 is 2.73 bits per heavy atom. The number of nitriles is 1. The Labute approximate surface area is 183 Å². The molecule has 0 spiro atoms. The molecule has 1 heterocycles. The first-order valence-electron chi connectivity index (χ1n) is 11.8. The molecule has 5 nitrogen and oxygen atoms in total. The molecular formula is C25H40N4O. The maximum absolute atomic E-state index is 9.10. The Balaban J connectivity index is 2.31. The minimum Gasteiger partial charge on any atom is -0.463 e. The fraction of sp³-hybridized carbons (Fsp3) is 0.720. The van der Waals surface area contributed by atoms with Gasteiger partial charge in [0.25, 0.3) is 0 Å². The van der Waals surface area contributed by atoms with E-state index in [-0.39, 0.29) is 0 Å². The molecule has 0 saturated carbocycles. The number of hydrogen-bond donors (Lipinski definition) is 0. The van der Waals surface area contributed by atoms with Crippen LogP contribution in [0, 0.1) is 29.1 Å². The van der Waals surface area contributed by atoms with E-state index in [2.05, 4.69) is 51.3 Å². The summed E-state index contributed by atoms with van der Waals surface area (Å²) in [5.74, 6) is 2.28. The van der Waals surface area contributed by atoms with Crippen LogP contribution in [0.1, 0.15) is 77.5 Å². The third-order valence-corrected chi connectivity index (χ3v) is 5.92. The summed E-state index contributed by atoms with van der Waals surface area (Å²) in [5, 5.41) is 9.10. The summed E-state index contributed by atoms with van der Waals surface area (Å²) in [4.78, 5) is 12.1. The van der Waals surface area contributed by atoms with Gasteiger partial charge in [-0.15, -0.1) is 6.58 Å². The van der Waals surface area contributed by atoms with Crippen LogP contribution in [0.5, 0.6) is 6.01 Å². The van der Waals surface area contributed by atoms with Crippen molar-refractivity contribution >= 4 is 5.82 Å². The number of ether oxygens (including phenoxy) is 1. The molecule has 0 aromatic carbocycles. The molecule has 166 valence electrons. The van der Waals surface area contributed by atoms with Crippen LogP contribution in [-0.4, -0.2) is 29.7 Å². The fourth-order valence-electron chi connectivity index (χ4n) is 4.13. The second-order valence-corrected chi connectivity index (χ2v) is 8.97. The first-order valence-corrected chi connectivity index (χ1v) is 11.8. The van der Waals surface area contributed by atoms with Crippen molar-refractivity contribution in [2.75, 3.05) is 24.6 Å². The van der Waals surface area contributed by atoms with E-state index in [1.54, 1.807) is 0 Å². The summed E-state index contributed by atoms with van der Waals surface area (Å²) < 4.78 is 6.09. The lowest BCUT2D eigenvalue weighted by atomic mass is 9.87. The van der Waals surface area contributed by atoms with Crippen LogP contribution in [-0.2, 0) is 12.8 Å². The summed E-state index contributed by atoms with van der Waals surface area (Å²) in [7, 11) is 0. The number of nitrogens with zero attached hydrogens (tertiary/aromatic N) is 4. The molecule has 0 bridgehead atoms. The van der Waals surface area contributed by atoms with E-state index in [0.29, 0.717) is 36.8 Å². The van der Waals surface area contributed by atoms with Gasteiger partial charge in [-0.2, -0.15) is 15.2 Å². The summed E-state index contributed by atoms with van der Waals surface area (Å²) in [6.07, 6.45) is 10.2. The van der Waals surface area contributed by atoms with Crippen molar-refractivity contribution in [2.45, 2.75) is 79.1 Å². The van der Waals surface area contributed by atoms with Gasteiger partial charge in [-0.3, -0.25) is 0 Å². The lowest BCUT2D eigenvalue weighted by Gasteiger charge is -2.31. The zero-order valence-electron chi connectivity index (χ0n) is 19.5. The summed E-state index contributed by atoms with van der Waals surface area (Å²) >= 11 is 0. The van der Waals surface area contributed by atoms with Crippen molar-refractivity contribution in [3.05, 3.63) is 23.9 Å². The van der Waals surface area contributed by atoms with Crippen LogP contribution in [0.25, 0.3) is 0 Å². The molecular weight excluding hydrogens is 372 g/mol. The van der Waals surface area contributed by atoms with Gasteiger partial charge < -0.3 is 9.64 Å². The predicted molar refractivity (Wildman–Crippen MR) is 124 cm³/mol. The standard InChI is InChI=1S/C25H40N4O/c1-6-9-10-20(5)18-30-25-27-23-16-21(8-3)11-12-22(23)24(28-25)29(15-7-2)17-19(4)13-14-26/h8,19-21H,3,6-7,9-13,15-18H2,1-2,4-5H3/t19?,20-,21?/m0/s1. The van der Waals surface area contributed by atoms with Crippen molar-refractivity contribution in [2.24, 2.45) is 17.8 Å². The molecule has 1 aliphatic rings. The van der Waals surface area contributed by atoms with Crippen molar-refractivity contribution < 1.29 is 4.74 Å². The molecule has 0 aliphatic heterocycles. The van der Waals surface area contributed by atoms with Crippen molar-refractivity contribution in [3.8, 4) is 12.1 Å². The highest BCUT2D eigenvalue weighted by Gasteiger charge is 2.26. The maximum atomic E-state index is 9.10. The molecule has 3 atom stereocenters. The van der Waals surface area contributed by atoms with E-state index >= 15 is 0 Å². The van der Waals surface area contributed by atoms with E-state index in [1.165, 1.54) is 24.8 Å². The Morgan fingerprint density at radius 2 is 2.07 bits per heavy atom. The Bertz CT molecular complexity index is 712. The minimum absolute atomic E-state index is 0.301. The van der Waals surface area contributed by atoms with E-state index in [1.807, 2.05) is 0 Å². The Kier molecular flexibility index (Phi) is 10.1. The highest BCUT2D eigenvalue weighted by atomic mass is 16.5. The second kappa shape index (κ2) is 12.6. The van der Waals surface area contributed by atoms with Crippen LogP contribution in [0.15, 0.2) is 12.7 Å². The number of fused-ring (bicyclic) bond motifs is 1. The van der Waals surface area contributed by atoms with Gasteiger partial charge in [0.2, 0.25) is 0 Å². The van der Waals surface area contributed by atoms with Crippen LogP contribution in [0.3, 0.4) is 0 Å². The van der Waals surface area contributed by atoms with E-state index in [4.69, 9.17) is 20.0 Å². The van der Waals surface area contributed by atoms with Gasteiger partial charge >= 0.3 is 6.01 Å². The van der Waals surface area contributed by atoms with Gasteiger partial charge in [-0.05, 0) is 49.9 Å². The van der Waals surface area contributed by atoms with E-state index < -0.39 is 0 Å². The molecule has 0 N–H and O–H groups in total. The van der Waals surface area contributed by atoms with Gasteiger partial charge in [0.05, 0.1) is 18.4 Å². The first kappa shape index (κ1) is 24.2. The topological polar surface area (TPSA) is 62.0 Å². The number of rotatable bonds is 13. The van der Waals surface area contributed by atoms with Gasteiger partial charge in [0.15, 0.2) is 0 Å². The largest absolute Gasteiger partial charge is 0.463 e. The van der Waals surface area contributed by atoms with Crippen LogP contribution >= 0.6 is 0 Å². The average Bonchev–Trinajstić information content (AvgIpc) is 2.75. The molecule has 1 aromatic heterocycles. The van der Waals surface area contributed by atoms with Crippen LogP contribution in [0.4, 0.5) is 5.82 Å². The highest BCUT2D eigenvalue weighted by molar-refractivity contribution is 5.51. The zero-order chi connectivity index (χ0) is 21.9. The minimum atomic E-state index is 0.301. The zero-order valence-corrected chi connectivity index (χ0v) is 19.5. The smallest absolute Gasteiger partial charge is 0.318 e. The lowest BCUT2D eigenvalue weighted by Crippen LogP contribution is -2.32. The lowest BCUT2D eigenvalue weighted by molar-refractivity contribution is 0.231. The van der Waals surface area contributed by atoms with Gasteiger partial charge in [0, 0.05) is 25.1 Å². The Hall–Kier alpha value is -2.09. The molecule has 1 aromatic rings. The third kappa shape index (κ3) is 7.00. The number of allylic oxidation sites excluding steroid dienone is 1. The van der Waals surface area contributed by atoms with Crippen molar-refractivity contribution in [3.63, 3.8) is 0 Å². The molecule has 2 rings (SSSR count). The predicted octanol–water partition coefficient (Wildman–Crippen LogP) is 5.74. The average molecular weight is 413 g/mol. The third-order valence-electron chi connectivity index (χ3n) is 5.92. The molecule has 0 amide bonds. The maximum Gasteiger partial charge on any atom is 0.318 e. The van der Waals surface area contributed by atoms with Gasteiger partial charge in [0.1, 0.15) is 5.82 Å².